The zero-order valence-corrected chi connectivity index (χ0v) is 60.5. The van der Waals surface area contributed by atoms with Crippen LogP contribution in [0.1, 0.15) is 92.4 Å². The van der Waals surface area contributed by atoms with Crippen molar-refractivity contribution in [2.24, 2.45) is 0 Å². The first-order valence-corrected chi connectivity index (χ1v) is 36.0. The van der Waals surface area contributed by atoms with Gasteiger partial charge in [0.05, 0.1) is 66.7 Å². The number of carbonyl (C=O) groups is 3. The minimum Gasteiger partial charge on any atom is -0.507 e. The van der Waals surface area contributed by atoms with Gasteiger partial charge in [0.2, 0.25) is 0 Å². The van der Waals surface area contributed by atoms with Crippen LogP contribution in [-0.2, 0) is 39.9 Å². The van der Waals surface area contributed by atoms with Crippen LogP contribution in [0.4, 0.5) is 4.79 Å². The van der Waals surface area contributed by atoms with Gasteiger partial charge in [0.15, 0.2) is 23.3 Å². The van der Waals surface area contributed by atoms with E-state index in [1.807, 2.05) is 93.6 Å². The van der Waals surface area contributed by atoms with Gasteiger partial charge in [0.25, 0.3) is 11.8 Å². The van der Waals surface area contributed by atoms with Gasteiger partial charge in [-0.2, -0.15) is 0 Å². The number of hydrogen-bond acceptors (Lipinski definition) is 18. The molecule has 0 saturated carbocycles. The van der Waals surface area contributed by atoms with Crippen molar-refractivity contribution >= 4 is 17.9 Å². The SMILES string of the molecule is CC(C)(C)OC(=O)NCCCOc1c2cccc1Cc1cccc(c1OCCOCCNC(=O)c1ccc(-n3nc(-c4ccccc4O)nc3-c3ccccc3O)cc1)Cc1cccc(c1O)Cc1cccc(c1OCCOCCNC(=O)c1ccc(-n3nc(-c4ccccc4O)nc3-c3ccccc3O)cc1)C2. The molecular formula is C86H83N9O14. The topological polar surface area (TPSA) is 305 Å². The maximum Gasteiger partial charge on any atom is 0.407 e. The highest BCUT2D eigenvalue weighted by Gasteiger charge is 2.26. The van der Waals surface area contributed by atoms with Crippen molar-refractivity contribution in [2.45, 2.75) is 58.5 Å². The number of amides is 3. The Morgan fingerprint density at radius 1 is 0.376 bits per heavy atom. The third-order valence-corrected chi connectivity index (χ3v) is 18.1. The molecule has 8 N–H and O–H groups in total. The Balaban J connectivity index is 0.664. The van der Waals surface area contributed by atoms with Gasteiger partial charge in [-0.1, -0.05) is 121 Å². The molecule has 23 heteroatoms. The lowest BCUT2D eigenvalue weighted by Crippen LogP contribution is -2.33. The van der Waals surface area contributed by atoms with Crippen LogP contribution in [0.5, 0.6) is 46.0 Å². The molecular weight excluding hydrogens is 1380 g/mol. The molecule has 3 amide bonds. The van der Waals surface area contributed by atoms with E-state index >= 15 is 0 Å². The average Bonchev–Trinajstić information content (AvgIpc) is 1.65. The highest BCUT2D eigenvalue weighted by Crippen LogP contribution is 2.41. The Hall–Kier alpha value is -13.0. The van der Waals surface area contributed by atoms with Crippen LogP contribution in [0.2, 0.25) is 0 Å². The molecule has 556 valence electrons. The van der Waals surface area contributed by atoms with Gasteiger partial charge in [-0.05, 0) is 169 Å². The van der Waals surface area contributed by atoms with Crippen molar-refractivity contribution in [1.29, 1.82) is 0 Å². The Bertz CT molecular complexity index is 4910. The molecule has 0 atom stereocenters. The minimum absolute atomic E-state index is 0.00238. The molecule has 0 fully saturated rings. The summed E-state index contributed by atoms with van der Waals surface area (Å²) in [7, 11) is 0. The number of alkyl carbamates (subject to hydrolysis) is 1. The third kappa shape index (κ3) is 18.3. The van der Waals surface area contributed by atoms with Crippen molar-refractivity contribution < 1.29 is 68.3 Å². The normalized spacial score (nSPS) is 11.9. The molecule has 1 aliphatic carbocycles. The van der Waals surface area contributed by atoms with Gasteiger partial charge >= 0.3 is 6.09 Å². The highest BCUT2D eigenvalue weighted by atomic mass is 16.6. The standard InChI is InChI=1S/C86H83N9O14/c1-86(2,3)109-85(103)89-41-16-44-106-76-61-21-15-22-62(76)54-64-24-14-20-60(78(64)108-50-48-105-46-43-88-84(102)56-35-39-66(40-36-56)95-82(70-28-7-11-32-74(70)99)91-80(93-95)68-26-5-9-30-72(68)97)52-58-18-12-17-57(75(58)100)51-59-19-13-23-63(53-61)77(59)107-49-47-104-45-42-87-83(101)55-33-37-65(38-34-55)94-81(69-27-6-10-31-73(69)98)90-79(92-94)67-25-4-8-29-71(67)96/h4-15,17-40,96-100H,16,41-54H2,1-3H3,(H,87,101)(H,88,102)(H,89,103). The molecule has 1 aliphatic rings. The van der Waals surface area contributed by atoms with Gasteiger partial charge in [0.1, 0.15) is 64.8 Å². The van der Waals surface area contributed by atoms with Gasteiger partial charge < -0.3 is 69.9 Å². The predicted octanol–water partition coefficient (Wildman–Crippen LogP) is 13.7. The summed E-state index contributed by atoms with van der Waals surface area (Å²) in [6.07, 6.45) is 1.39. The van der Waals surface area contributed by atoms with E-state index in [0.29, 0.717) is 123 Å². The zero-order chi connectivity index (χ0) is 75.8. The Labute approximate surface area is 630 Å². The third-order valence-electron chi connectivity index (χ3n) is 18.1. The summed E-state index contributed by atoms with van der Waals surface area (Å²) in [5, 5.41) is 73.2. The molecule has 0 saturated heterocycles. The number of aromatic nitrogens is 6. The van der Waals surface area contributed by atoms with Crippen molar-refractivity contribution in [2.75, 3.05) is 65.9 Å². The van der Waals surface area contributed by atoms with Crippen LogP contribution in [-0.4, -0.2) is 144 Å². The number of para-hydroxylation sites is 8. The maximum absolute atomic E-state index is 13.5. The first-order valence-electron chi connectivity index (χ1n) is 36.0. The number of rotatable bonds is 27. The zero-order valence-electron chi connectivity index (χ0n) is 60.5. The largest absolute Gasteiger partial charge is 0.507 e. The number of nitrogens with one attached hydrogen (secondary N) is 3. The van der Waals surface area contributed by atoms with Crippen LogP contribution < -0.4 is 30.2 Å². The molecule has 13 rings (SSSR count). The molecule has 0 spiro atoms. The van der Waals surface area contributed by atoms with Crippen molar-refractivity contribution in [1.82, 2.24) is 45.5 Å². The van der Waals surface area contributed by atoms with E-state index in [9.17, 15) is 39.9 Å². The fraction of sp³-hybridized carbons (Fsp3) is 0.221. The van der Waals surface area contributed by atoms with E-state index in [-0.39, 0.29) is 112 Å². The summed E-state index contributed by atoms with van der Waals surface area (Å²) in [4.78, 5) is 49.1. The van der Waals surface area contributed by atoms with Crippen molar-refractivity contribution in [3.8, 4) is 103 Å². The second kappa shape index (κ2) is 34.5. The lowest BCUT2D eigenvalue weighted by Gasteiger charge is -2.22. The molecule has 23 nitrogen and oxygen atoms in total. The van der Waals surface area contributed by atoms with E-state index in [2.05, 4.69) is 16.0 Å². The van der Waals surface area contributed by atoms with E-state index < -0.39 is 11.7 Å². The fourth-order valence-corrected chi connectivity index (χ4v) is 12.8. The summed E-state index contributed by atoms with van der Waals surface area (Å²) in [6, 6.07) is 64.5. The maximum atomic E-state index is 13.5. The fourth-order valence-electron chi connectivity index (χ4n) is 12.8. The van der Waals surface area contributed by atoms with E-state index in [4.69, 9.17) is 48.6 Å². The molecule has 0 aliphatic heterocycles. The number of hydrogen-bond donors (Lipinski definition) is 8. The van der Waals surface area contributed by atoms with E-state index in [0.717, 1.165) is 33.4 Å². The average molecular weight is 1470 g/mol. The monoisotopic (exact) mass is 1470 g/mol. The number of nitrogens with zero attached hydrogens (tertiary/aromatic N) is 6. The van der Waals surface area contributed by atoms with Gasteiger partial charge in [-0.25, -0.2) is 24.1 Å². The summed E-state index contributed by atoms with van der Waals surface area (Å²) in [5.41, 5.74) is 9.53. The lowest BCUT2D eigenvalue weighted by molar-refractivity contribution is 0.0525. The summed E-state index contributed by atoms with van der Waals surface area (Å²) >= 11 is 0. The van der Waals surface area contributed by atoms with Crippen LogP contribution >= 0.6 is 0 Å². The summed E-state index contributed by atoms with van der Waals surface area (Å²) < 4.78 is 41.0. The van der Waals surface area contributed by atoms with Gasteiger partial charge in [-0.15, -0.1) is 10.2 Å². The molecule has 109 heavy (non-hydrogen) atoms. The second-order valence-corrected chi connectivity index (χ2v) is 26.9. The number of carbonyl (C=O) groups excluding carboxylic acids is 3. The predicted molar refractivity (Wildman–Crippen MR) is 411 cm³/mol. The van der Waals surface area contributed by atoms with Crippen LogP contribution in [0, 0.1) is 0 Å². The van der Waals surface area contributed by atoms with Crippen molar-refractivity contribution in [3.05, 3.63) is 274 Å². The van der Waals surface area contributed by atoms with Gasteiger partial charge in [-0.3, -0.25) is 9.59 Å². The minimum atomic E-state index is -0.661. The molecule has 10 aromatic carbocycles. The summed E-state index contributed by atoms with van der Waals surface area (Å²) in [6.45, 7) is 7.51. The molecule has 12 aromatic rings. The van der Waals surface area contributed by atoms with Crippen LogP contribution in [0.15, 0.2) is 218 Å². The number of benzene rings is 10. The Kier molecular flexibility index (Phi) is 23.5. The molecule has 2 aromatic heterocycles. The second-order valence-electron chi connectivity index (χ2n) is 26.9. The van der Waals surface area contributed by atoms with Gasteiger partial charge in [0, 0.05) is 56.4 Å². The number of phenols is 5. The lowest BCUT2D eigenvalue weighted by atomic mass is 9.91. The number of fused-ring (bicyclic) bond motifs is 8. The van der Waals surface area contributed by atoms with Crippen LogP contribution in [0.3, 0.4) is 0 Å². The Morgan fingerprint density at radius 2 is 0.716 bits per heavy atom. The molecule has 0 radical (unpaired) electrons. The number of aromatic hydroxyl groups is 5. The first kappa shape index (κ1) is 74.3. The molecule has 2 heterocycles. The quantitative estimate of drug-likeness (QED) is 0.0222. The number of ether oxygens (including phenoxy) is 6. The van der Waals surface area contributed by atoms with E-state index in [1.54, 1.807) is 155 Å². The highest BCUT2D eigenvalue weighted by molar-refractivity contribution is 5.95. The smallest absolute Gasteiger partial charge is 0.407 e. The van der Waals surface area contributed by atoms with E-state index in [1.165, 1.54) is 0 Å². The first-order chi connectivity index (χ1) is 53.0. The molecule has 8 bridgehead atoms. The van der Waals surface area contributed by atoms with Crippen LogP contribution in [0.25, 0.3) is 56.9 Å². The Morgan fingerprint density at radius 3 is 1.08 bits per heavy atom. The number of phenolic OH excluding ortho intramolecular Hbond substituents is 5. The van der Waals surface area contributed by atoms with Crippen molar-refractivity contribution in [3.63, 3.8) is 0 Å². The molecule has 0 unspecified atom stereocenters. The summed E-state index contributed by atoms with van der Waals surface area (Å²) in [5.74, 6) is 2.65.